The zero-order chi connectivity index (χ0) is 17.6. The Morgan fingerprint density at radius 3 is 2.65 bits per heavy atom. The number of amides is 1. The van der Waals surface area contributed by atoms with Crippen molar-refractivity contribution in [3.8, 4) is 0 Å². The third-order valence-corrected chi connectivity index (χ3v) is 5.56. The van der Waals surface area contributed by atoms with Gasteiger partial charge in [-0.1, -0.05) is 6.07 Å². The highest BCUT2D eigenvalue weighted by atomic mass is 35.5. The van der Waals surface area contributed by atoms with Gasteiger partial charge in [0.1, 0.15) is 0 Å². The lowest BCUT2D eigenvalue weighted by molar-refractivity contribution is 0.105. The van der Waals surface area contributed by atoms with E-state index in [1.54, 1.807) is 6.20 Å². The van der Waals surface area contributed by atoms with Gasteiger partial charge < -0.3 is 19.5 Å². The van der Waals surface area contributed by atoms with Crippen LogP contribution in [0.1, 0.15) is 50.5 Å². The molecular weight excluding hydrogens is 354 g/mol. The van der Waals surface area contributed by atoms with Crippen LogP contribution in [-0.2, 0) is 4.74 Å². The number of carbonyl (C=O) groups excluding carboxylic acids is 1. The molecule has 0 aliphatic carbocycles. The molecule has 2 aliphatic heterocycles. The Bertz CT molecular complexity index is 628. The average molecular weight is 384 g/mol. The zero-order valence-electron chi connectivity index (χ0n) is 15.5. The molecule has 1 N–H and O–H groups in total. The molecule has 26 heavy (non-hydrogen) atoms. The maximum absolute atomic E-state index is 12.0. The second-order valence-electron chi connectivity index (χ2n) is 7.04. The molecule has 0 saturated carbocycles. The van der Waals surface area contributed by atoms with Gasteiger partial charge in [0, 0.05) is 30.9 Å². The van der Waals surface area contributed by atoms with Gasteiger partial charge in [-0.3, -0.25) is 4.79 Å². The van der Waals surface area contributed by atoms with Crippen molar-refractivity contribution in [3.63, 3.8) is 0 Å². The van der Waals surface area contributed by atoms with Crippen LogP contribution >= 0.6 is 12.4 Å². The molecule has 0 spiro atoms. The number of H-pyrrole nitrogens is 1. The number of nitrogens with one attached hydrogen (secondary N) is 1. The minimum Gasteiger partial charge on any atom is -0.450 e. The molecule has 2 fully saturated rings. The van der Waals surface area contributed by atoms with E-state index in [1.807, 2.05) is 24.0 Å². The van der Waals surface area contributed by atoms with Crippen LogP contribution in [0.25, 0.3) is 0 Å². The number of likely N-dealkylation sites (tertiary alicyclic amines) is 2. The number of piperidine rings is 1. The normalized spacial score (nSPS) is 22.3. The number of nitrogens with zero attached hydrogens (tertiary/aromatic N) is 2. The summed E-state index contributed by atoms with van der Waals surface area (Å²) in [6, 6.07) is 4.41. The first kappa shape index (κ1) is 20.8. The summed E-state index contributed by atoms with van der Waals surface area (Å²) in [6.07, 6.45) is 6.76. The van der Waals surface area contributed by atoms with Gasteiger partial charge in [-0.05, 0) is 64.1 Å². The van der Waals surface area contributed by atoms with Crippen LogP contribution < -0.4 is 5.56 Å². The molecule has 7 heteroatoms. The largest absolute Gasteiger partial charge is 0.450 e. The fraction of sp³-hybridized carbons (Fsp3) is 0.684. The number of ether oxygens (including phenoxy) is 1. The second kappa shape index (κ2) is 9.97. The molecule has 146 valence electrons. The Morgan fingerprint density at radius 1 is 1.19 bits per heavy atom. The molecule has 0 radical (unpaired) electrons. The van der Waals surface area contributed by atoms with Gasteiger partial charge in [-0.25, -0.2) is 4.79 Å². The Kier molecular flexibility index (Phi) is 7.97. The summed E-state index contributed by atoms with van der Waals surface area (Å²) in [7, 11) is 0. The minimum absolute atomic E-state index is 0. The lowest BCUT2D eigenvalue weighted by Crippen LogP contribution is -2.42. The molecule has 1 atom stereocenters. The highest BCUT2D eigenvalue weighted by Gasteiger charge is 2.29. The number of rotatable bonds is 3. The van der Waals surface area contributed by atoms with E-state index >= 15 is 0 Å². The van der Waals surface area contributed by atoms with E-state index in [9.17, 15) is 9.59 Å². The SMILES string of the molecule is CCOC(=O)N1CCCC(N2CCC(c3ccc[nH]c3=O)CC2)CC1.Cl. The number of aromatic nitrogens is 1. The van der Waals surface area contributed by atoms with E-state index in [0.717, 1.165) is 63.8 Å². The van der Waals surface area contributed by atoms with Crippen molar-refractivity contribution in [1.29, 1.82) is 0 Å². The van der Waals surface area contributed by atoms with E-state index in [1.165, 1.54) is 0 Å². The number of halogens is 1. The highest BCUT2D eigenvalue weighted by molar-refractivity contribution is 5.85. The van der Waals surface area contributed by atoms with Gasteiger partial charge in [0.2, 0.25) is 0 Å². The lowest BCUT2D eigenvalue weighted by atomic mass is 9.89. The van der Waals surface area contributed by atoms with E-state index in [2.05, 4.69) is 9.88 Å². The summed E-state index contributed by atoms with van der Waals surface area (Å²) >= 11 is 0. The van der Waals surface area contributed by atoms with Crippen LogP contribution in [0.4, 0.5) is 4.79 Å². The predicted molar refractivity (Wildman–Crippen MR) is 104 cm³/mol. The summed E-state index contributed by atoms with van der Waals surface area (Å²) in [6.45, 7) is 5.92. The molecule has 3 rings (SSSR count). The minimum atomic E-state index is -0.176. The van der Waals surface area contributed by atoms with Crippen molar-refractivity contribution in [1.82, 2.24) is 14.8 Å². The smallest absolute Gasteiger partial charge is 0.409 e. The summed E-state index contributed by atoms with van der Waals surface area (Å²) < 4.78 is 5.13. The summed E-state index contributed by atoms with van der Waals surface area (Å²) in [5.41, 5.74) is 0.983. The standard InChI is InChI=1S/C19H29N3O3.ClH/c1-2-25-19(24)22-11-4-5-16(9-14-22)21-12-7-15(8-13-21)17-6-3-10-20-18(17)23;/h3,6,10,15-16H,2,4-5,7-9,11-14H2,1H3,(H,20,23);1H. The van der Waals surface area contributed by atoms with Crippen LogP contribution in [0.2, 0.25) is 0 Å². The van der Waals surface area contributed by atoms with Crippen LogP contribution in [0, 0.1) is 0 Å². The Balaban J connectivity index is 0.00000243. The van der Waals surface area contributed by atoms with Gasteiger partial charge >= 0.3 is 6.09 Å². The van der Waals surface area contributed by atoms with Gasteiger partial charge in [0.05, 0.1) is 6.61 Å². The summed E-state index contributed by atoms with van der Waals surface area (Å²) in [5, 5.41) is 0. The van der Waals surface area contributed by atoms with E-state index < -0.39 is 0 Å². The fourth-order valence-electron chi connectivity index (χ4n) is 4.17. The van der Waals surface area contributed by atoms with E-state index in [-0.39, 0.29) is 24.1 Å². The zero-order valence-corrected chi connectivity index (χ0v) is 16.3. The van der Waals surface area contributed by atoms with Crippen molar-refractivity contribution >= 4 is 18.5 Å². The first-order valence-electron chi connectivity index (χ1n) is 9.52. The average Bonchev–Trinajstić information content (AvgIpc) is 2.89. The third-order valence-electron chi connectivity index (χ3n) is 5.56. The van der Waals surface area contributed by atoms with Crippen molar-refractivity contribution in [2.45, 2.75) is 51.0 Å². The highest BCUT2D eigenvalue weighted by Crippen LogP contribution is 2.29. The fourth-order valence-corrected chi connectivity index (χ4v) is 4.17. The van der Waals surface area contributed by atoms with Crippen molar-refractivity contribution in [3.05, 3.63) is 34.2 Å². The summed E-state index contributed by atoms with van der Waals surface area (Å²) in [5.74, 6) is 0.364. The van der Waals surface area contributed by atoms with Crippen molar-refractivity contribution in [2.24, 2.45) is 0 Å². The number of hydrogen-bond donors (Lipinski definition) is 1. The first-order valence-corrected chi connectivity index (χ1v) is 9.52. The molecule has 0 aromatic carbocycles. The van der Waals surface area contributed by atoms with Crippen LogP contribution in [0.3, 0.4) is 0 Å². The van der Waals surface area contributed by atoms with E-state index in [0.29, 0.717) is 18.6 Å². The quantitative estimate of drug-likeness (QED) is 0.871. The molecule has 1 aromatic heterocycles. The Labute approximate surface area is 161 Å². The summed E-state index contributed by atoms with van der Waals surface area (Å²) in [4.78, 5) is 31.1. The molecule has 1 aromatic rings. The first-order chi connectivity index (χ1) is 12.2. The number of carbonyl (C=O) groups is 1. The van der Waals surface area contributed by atoms with Crippen LogP contribution in [-0.4, -0.2) is 59.7 Å². The van der Waals surface area contributed by atoms with Gasteiger partial charge in [0.15, 0.2) is 0 Å². The van der Waals surface area contributed by atoms with Gasteiger partial charge in [-0.2, -0.15) is 0 Å². The molecule has 1 amide bonds. The van der Waals surface area contributed by atoms with E-state index in [4.69, 9.17) is 4.74 Å². The Hall–Kier alpha value is -1.53. The molecule has 6 nitrogen and oxygen atoms in total. The number of aromatic amines is 1. The monoisotopic (exact) mass is 383 g/mol. The molecule has 2 aliphatic rings. The molecule has 0 bridgehead atoms. The number of hydrogen-bond acceptors (Lipinski definition) is 4. The Morgan fingerprint density at radius 2 is 1.96 bits per heavy atom. The molecule has 2 saturated heterocycles. The number of pyridine rings is 1. The van der Waals surface area contributed by atoms with Crippen molar-refractivity contribution < 1.29 is 9.53 Å². The van der Waals surface area contributed by atoms with Crippen molar-refractivity contribution in [2.75, 3.05) is 32.8 Å². The molecular formula is C19H30ClN3O3. The second-order valence-corrected chi connectivity index (χ2v) is 7.04. The lowest BCUT2D eigenvalue weighted by Gasteiger charge is -2.37. The maximum Gasteiger partial charge on any atom is 0.409 e. The third kappa shape index (κ3) is 5.01. The topological polar surface area (TPSA) is 65.6 Å². The molecule has 3 heterocycles. The predicted octanol–water partition coefficient (Wildman–Crippen LogP) is 2.99. The van der Waals surface area contributed by atoms with Gasteiger partial charge in [-0.15, -0.1) is 12.4 Å². The van der Waals surface area contributed by atoms with Crippen LogP contribution in [0.5, 0.6) is 0 Å². The van der Waals surface area contributed by atoms with Gasteiger partial charge in [0.25, 0.3) is 5.56 Å². The maximum atomic E-state index is 12.0. The van der Waals surface area contributed by atoms with Crippen LogP contribution in [0.15, 0.2) is 23.1 Å². The molecule has 1 unspecified atom stereocenters.